The van der Waals surface area contributed by atoms with Crippen molar-refractivity contribution in [3.8, 4) is 0 Å². The number of hydrogen-bond donors (Lipinski definition) is 1. The quantitative estimate of drug-likeness (QED) is 0.607. The molecular weight excluding hydrogens is 334 g/mol. The fourth-order valence-electron chi connectivity index (χ4n) is 2.93. The Balaban J connectivity index is 2.43. The molecule has 1 fully saturated rings. The fraction of sp³-hybridized carbons (Fsp3) is 0.562. The van der Waals surface area contributed by atoms with Gasteiger partial charge < -0.3 is 14.2 Å². The lowest BCUT2D eigenvalue weighted by Gasteiger charge is -2.21. The van der Waals surface area contributed by atoms with Crippen molar-refractivity contribution >= 4 is 29.2 Å². The van der Waals surface area contributed by atoms with E-state index in [9.17, 15) is 14.4 Å². The third-order valence-electron chi connectivity index (χ3n) is 3.89. The summed E-state index contributed by atoms with van der Waals surface area (Å²) >= 11 is 1.43. The molecule has 0 radical (unpaired) electrons. The van der Waals surface area contributed by atoms with Crippen molar-refractivity contribution in [3.05, 3.63) is 22.4 Å². The molecular formula is C16H21NO6S. The van der Waals surface area contributed by atoms with Gasteiger partial charge in [-0.1, -0.05) is 6.07 Å². The number of ether oxygens (including phenoxy) is 3. The topological polar surface area (TPSA) is 90.9 Å². The average Bonchev–Trinajstić information content (AvgIpc) is 3.21. The van der Waals surface area contributed by atoms with Crippen LogP contribution in [-0.4, -0.2) is 44.3 Å². The summed E-state index contributed by atoms with van der Waals surface area (Å²) in [6.45, 7) is 3.70. The summed E-state index contributed by atoms with van der Waals surface area (Å²) in [5.74, 6) is -3.61. The zero-order valence-corrected chi connectivity index (χ0v) is 14.6. The maximum Gasteiger partial charge on any atom is 0.323 e. The normalized spacial score (nSPS) is 26.0. The Morgan fingerprint density at radius 1 is 1.08 bits per heavy atom. The van der Waals surface area contributed by atoms with Crippen molar-refractivity contribution in [2.24, 2.45) is 11.8 Å². The van der Waals surface area contributed by atoms with Crippen molar-refractivity contribution in [1.82, 2.24) is 5.32 Å². The first-order chi connectivity index (χ1) is 11.5. The SMILES string of the molecule is CCOC(=O)[C@@H]1[C@H](C(=O)OCC)[C@H](C(=O)OC)N[C@@H]1c1cccs1. The molecule has 7 nitrogen and oxygen atoms in total. The van der Waals surface area contributed by atoms with E-state index < -0.39 is 41.8 Å². The molecule has 0 amide bonds. The Kier molecular flexibility index (Phi) is 6.33. The molecule has 2 heterocycles. The molecule has 1 aliphatic heterocycles. The van der Waals surface area contributed by atoms with Gasteiger partial charge in [-0.25, -0.2) is 0 Å². The third kappa shape index (κ3) is 3.59. The van der Waals surface area contributed by atoms with E-state index in [2.05, 4.69) is 5.32 Å². The summed E-state index contributed by atoms with van der Waals surface area (Å²) in [5.41, 5.74) is 0. The fourth-order valence-corrected chi connectivity index (χ4v) is 3.76. The molecule has 1 aromatic heterocycles. The van der Waals surface area contributed by atoms with Crippen molar-refractivity contribution in [3.63, 3.8) is 0 Å². The van der Waals surface area contributed by atoms with Gasteiger partial charge in [0.25, 0.3) is 0 Å². The van der Waals surface area contributed by atoms with Gasteiger partial charge in [0.05, 0.1) is 38.2 Å². The van der Waals surface area contributed by atoms with Gasteiger partial charge in [-0.05, 0) is 25.3 Å². The minimum Gasteiger partial charge on any atom is -0.468 e. The lowest BCUT2D eigenvalue weighted by molar-refractivity contribution is -0.162. The van der Waals surface area contributed by atoms with E-state index in [0.29, 0.717) is 0 Å². The summed E-state index contributed by atoms with van der Waals surface area (Å²) in [6, 6.07) is 2.21. The zero-order chi connectivity index (χ0) is 17.7. The highest BCUT2D eigenvalue weighted by Gasteiger charge is 2.55. The molecule has 0 aromatic carbocycles. The average molecular weight is 355 g/mol. The summed E-state index contributed by atoms with van der Waals surface area (Å²) in [4.78, 5) is 37.9. The van der Waals surface area contributed by atoms with Crippen LogP contribution in [0.4, 0.5) is 0 Å². The van der Waals surface area contributed by atoms with Crippen LogP contribution in [-0.2, 0) is 28.6 Å². The second-order valence-electron chi connectivity index (χ2n) is 5.22. The second kappa shape index (κ2) is 8.25. The Labute approximate surface area is 144 Å². The minimum atomic E-state index is -0.997. The van der Waals surface area contributed by atoms with Gasteiger partial charge in [0.15, 0.2) is 0 Å². The Bertz CT molecular complexity index is 587. The molecule has 1 aromatic rings. The van der Waals surface area contributed by atoms with Gasteiger partial charge in [-0.2, -0.15) is 0 Å². The van der Waals surface area contributed by atoms with Crippen LogP contribution >= 0.6 is 11.3 Å². The molecule has 0 unspecified atom stereocenters. The smallest absolute Gasteiger partial charge is 0.323 e. The molecule has 132 valence electrons. The molecule has 2 rings (SSSR count). The van der Waals surface area contributed by atoms with Crippen LogP contribution in [0, 0.1) is 11.8 Å². The van der Waals surface area contributed by atoms with E-state index in [4.69, 9.17) is 14.2 Å². The zero-order valence-electron chi connectivity index (χ0n) is 13.8. The lowest BCUT2D eigenvalue weighted by atomic mass is 9.86. The molecule has 1 N–H and O–H groups in total. The Morgan fingerprint density at radius 3 is 2.21 bits per heavy atom. The molecule has 0 bridgehead atoms. The van der Waals surface area contributed by atoms with E-state index >= 15 is 0 Å². The number of carbonyl (C=O) groups excluding carboxylic acids is 3. The molecule has 24 heavy (non-hydrogen) atoms. The standard InChI is InChI=1S/C16H21NO6S/c1-4-22-14(18)10-11(15(19)23-5-2)13(16(20)21-3)17-12(10)9-7-6-8-24-9/h6-8,10-13,17H,4-5H2,1-3H3/t10-,11+,12-,13-/m1/s1. The number of carbonyl (C=O) groups is 3. The predicted molar refractivity (Wildman–Crippen MR) is 86.2 cm³/mol. The summed E-state index contributed by atoms with van der Waals surface area (Å²) in [7, 11) is 1.24. The third-order valence-corrected chi connectivity index (χ3v) is 4.84. The monoisotopic (exact) mass is 355 g/mol. The number of rotatable bonds is 6. The predicted octanol–water partition coefficient (Wildman–Crippen LogP) is 1.29. The number of nitrogens with one attached hydrogen (secondary N) is 1. The van der Waals surface area contributed by atoms with Crippen LogP contribution in [0.2, 0.25) is 0 Å². The van der Waals surface area contributed by atoms with Crippen molar-refractivity contribution in [2.45, 2.75) is 25.9 Å². The lowest BCUT2D eigenvalue weighted by Crippen LogP contribution is -2.42. The molecule has 1 saturated heterocycles. The Hall–Kier alpha value is -1.93. The second-order valence-corrected chi connectivity index (χ2v) is 6.20. The van der Waals surface area contributed by atoms with Crippen LogP contribution in [0.3, 0.4) is 0 Å². The van der Waals surface area contributed by atoms with Gasteiger partial charge >= 0.3 is 17.9 Å². The summed E-state index contributed by atoms with van der Waals surface area (Å²) < 4.78 is 15.0. The molecule has 0 saturated carbocycles. The first-order valence-electron chi connectivity index (χ1n) is 7.75. The summed E-state index contributed by atoms with van der Waals surface area (Å²) in [5, 5.41) is 4.92. The maximum atomic E-state index is 12.5. The van der Waals surface area contributed by atoms with E-state index in [1.807, 2.05) is 17.5 Å². The highest BCUT2D eigenvalue weighted by molar-refractivity contribution is 7.10. The summed E-state index contributed by atoms with van der Waals surface area (Å²) in [6.07, 6.45) is 0. The van der Waals surface area contributed by atoms with Gasteiger partial charge in [0.2, 0.25) is 0 Å². The number of esters is 3. The van der Waals surface area contributed by atoms with Crippen LogP contribution in [0.25, 0.3) is 0 Å². The number of methoxy groups -OCH3 is 1. The molecule has 0 spiro atoms. The van der Waals surface area contributed by atoms with E-state index in [1.165, 1.54) is 18.4 Å². The van der Waals surface area contributed by atoms with Crippen LogP contribution in [0.5, 0.6) is 0 Å². The van der Waals surface area contributed by atoms with Gasteiger partial charge in [-0.3, -0.25) is 19.7 Å². The van der Waals surface area contributed by atoms with Crippen LogP contribution in [0.1, 0.15) is 24.8 Å². The highest BCUT2D eigenvalue weighted by Crippen LogP contribution is 2.41. The molecule has 0 aliphatic carbocycles. The largest absolute Gasteiger partial charge is 0.468 e. The maximum absolute atomic E-state index is 12.5. The molecule has 1 aliphatic rings. The van der Waals surface area contributed by atoms with E-state index in [1.54, 1.807) is 13.8 Å². The molecule has 4 atom stereocenters. The first-order valence-corrected chi connectivity index (χ1v) is 8.63. The van der Waals surface area contributed by atoms with Crippen molar-refractivity contribution in [1.29, 1.82) is 0 Å². The molecule has 8 heteroatoms. The highest BCUT2D eigenvalue weighted by atomic mass is 32.1. The van der Waals surface area contributed by atoms with E-state index in [0.717, 1.165) is 4.88 Å². The number of hydrogen-bond acceptors (Lipinski definition) is 8. The van der Waals surface area contributed by atoms with Crippen molar-refractivity contribution in [2.75, 3.05) is 20.3 Å². The minimum absolute atomic E-state index is 0.155. The Morgan fingerprint density at radius 2 is 1.71 bits per heavy atom. The van der Waals surface area contributed by atoms with Crippen LogP contribution < -0.4 is 5.32 Å². The van der Waals surface area contributed by atoms with Crippen molar-refractivity contribution < 1.29 is 28.6 Å². The first kappa shape index (κ1) is 18.4. The van der Waals surface area contributed by atoms with Gasteiger partial charge in [0.1, 0.15) is 6.04 Å². The van der Waals surface area contributed by atoms with Crippen LogP contribution in [0.15, 0.2) is 17.5 Å². The number of thiophene rings is 1. The van der Waals surface area contributed by atoms with E-state index in [-0.39, 0.29) is 13.2 Å². The van der Waals surface area contributed by atoms with Gasteiger partial charge in [0, 0.05) is 4.88 Å². The van der Waals surface area contributed by atoms with Gasteiger partial charge in [-0.15, -0.1) is 11.3 Å².